The highest BCUT2D eigenvalue weighted by Gasteiger charge is 2.15. The van der Waals surface area contributed by atoms with E-state index in [2.05, 4.69) is 20.9 Å². The van der Waals surface area contributed by atoms with E-state index in [1.54, 1.807) is 7.11 Å². The van der Waals surface area contributed by atoms with Crippen LogP contribution < -0.4 is 20.7 Å². The lowest BCUT2D eigenvalue weighted by Crippen LogP contribution is -2.41. The van der Waals surface area contributed by atoms with E-state index < -0.39 is 0 Å². The zero-order valence-corrected chi connectivity index (χ0v) is 15.8. The number of carbonyl (C=O) groups is 1. The van der Waals surface area contributed by atoms with E-state index in [1.807, 2.05) is 43.0 Å². The summed E-state index contributed by atoms with van der Waals surface area (Å²) in [7, 11) is 1.64. The summed E-state index contributed by atoms with van der Waals surface area (Å²) in [4.78, 5) is 16.4. The van der Waals surface area contributed by atoms with Crippen molar-refractivity contribution in [2.45, 2.75) is 31.6 Å². The molecular weight excluding hydrogens is 336 g/mol. The first-order chi connectivity index (χ1) is 12.2. The predicted molar refractivity (Wildman–Crippen MR) is 104 cm³/mol. The fourth-order valence-corrected chi connectivity index (χ4v) is 3.71. The van der Waals surface area contributed by atoms with Crippen LogP contribution in [0.5, 0.6) is 5.75 Å². The van der Waals surface area contributed by atoms with E-state index in [1.165, 1.54) is 18.6 Å². The Morgan fingerprint density at radius 3 is 2.72 bits per heavy atom. The number of guanidine groups is 1. The maximum Gasteiger partial charge on any atom is 0.242 e. The average Bonchev–Trinajstić information content (AvgIpc) is 3.16. The van der Waals surface area contributed by atoms with Crippen LogP contribution in [0.3, 0.4) is 0 Å². The lowest BCUT2D eigenvalue weighted by molar-refractivity contribution is -0.119. The molecule has 6 nitrogen and oxygen atoms in total. The molecule has 2 rings (SSSR count). The molecule has 0 aliphatic carbocycles. The van der Waals surface area contributed by atoms with E-state index >= 15 is 0 Å². The van der Waals surface area contributed by atoms with E-state index in [9.17, 15) is 4.79 Å². The van der Waals surface area contributed by atoms with Crippen LogP contribution in [0, 0.1) is 0 Å². The molecule has 1 aromatic carbocycles. The molecule has 1 atom stereocenters. The van der Waals surface area contributed by atoms with Crippen LogP contribution in [0.4, 0.5) is 0 Å². The third kappa shape index (κ3) is 7.25. The molecule has 7 heteroatoms. The van der Waals surface area contributed by atoms with Crippen LogP contribution in [0.1, 0.15) is 25.3 Å². The van der Waals surface area contributed by atoms with Gasteiger partial charge in [0.05, 0.1) is 7.11 Å². The third-order valence-corrected chi connectivity index (χ3v) is 5.29. The van der Waals surface area contributed by atoms with Gasteiger partial charge in [-0.15, -0.1) is 0 Å². The van der Waals surface area contributed by atoms with Crippen molar-refractivity contribution in [2.24, 2.45) is 4.99 Å². The van der Waals surface area contributed by atoms with Gasteiger partial charge < -0.3 is 20.7 Å². The number of nitrogens with one attached hydrogen (secondary N) is 3. The molecule has 0 radical (unpaired) electrons. The van der Waals surface area contributed by atoms with Crippen LogP contribution in [0.15, 0.2) is 29.3 Å². The second kappa shape index (κ2) is 10.9. The molecule has 1 aliphatic heterocycles. The number of benzene rings is 1. The fraction of sp³-hybridized carbons (Fsp3) is 0.556. The Kier molecular flexibility index (Phi) is 8.45. The molecule has 1 aliphatic rings. The Bertz CT molecular complexity index is 557. The molecule has 1 aromatic rings. The maximum absolute atomic E-state index is 12.0. The smallest absolute Gasteiger partial charge is 0.242 e. The first kappa shape index (κ1) is 19.4. The lowest BCUT2D eigenvalue weighted by Gasteiger charge is -2.14. The standard InChI is InChI=1S/C18H28N4O2S/c1-3-19-18(21-12-16-5-4-10-25-16)22-13-17(23)20-11-14-6-8-15(24-2)9-7-14/h6-9,16H,3-5,10-13H2,1-2H3,(H,20,23)(H2,19,21,22). The number of ether oxygens (including phenoxy) is 1. The van der Waals surface area contributed by atoms with E-state index in [4.69, 9.17) is 4.74 Å². The molecule has 1 fully saturated rings. The normalized spacial score (nSPS) is 17.2. The number of rotatable bonds is 8. The fourth-order valence-electron chi connectivity index (χ4n) is 2.51. The Balaban J connectivity index is 1.74. The molecule has 1 amide bonds. The van der Waals surface area contributed by atoms with Crippen molar-refractivity contribution in [1.82, 2.24) is 16.0 Å². The molecule has 3 N–H and O–H groups in total. The predicted octanol–water partition coefficient (Wildman–Crippen LogP) is 1.76. The molecule has 25 heavy (non-hydrogen) atoms. The van der Waals surface area contributed by atoms with Crippen LogP contribution in [0.25, 0.3) is 0 Å². The van der Waals surface area contributed by atoms with Crippen LogP contribution in [0.2, 0.25) is 0 Å². The molecule has 1 unspecified atom stereocenters. The number of hydrogen-bond donors (Lipinski definition) is 3. The van der Waals surface area contributed by atoms with Gasteiger partial charge in [0, 0.05) is 24.9 Å². The van der Waals surface area contributed by atoms with Crippen molar-refractivity contribution in [2.75, 3.05) is 32.5 Å². The van der Waals surface area contributed by atoms with E-state index in [-0.39, 0.29) is 12.5 Å². The van der Waals surface area contributed by atoms with Crippen molar-refractivity contribution in [3.8, 4) is 5.75 Å². The average molecular weight is 365 g/mol. The molecule has 1 saturated heterocycles. The number of methoxy groups -OCH3 is 1. The Morgan fingerprint density at radius 1 is 1.28 bits per heavy atom. The van der Waals surface area contributed by atoms with Crippen molar-refractivity contribution in [1.29, 1.82) is 0 Å². The highest BCUT2D eigenvalue weighted by Crippen LogP contribution is 2.25. The largest absolute Gasteiger partial charge is 0.497 e. The number of hydrogen-bond acceptors (Lipinski definition) is 4. The van der Waals surface area contributed by atoms with Gasteiger partial charge in [-0.2, -0.15) is 11.8 Å². The van der Waals surface area contributed by atoms with Crippen LogP contribution >= 0.6 is 11.8 Å². The minimum Gasteiger partial charge on any atom is -0.497 e. The van der Waals surface area contributed by atoms with Crippen molar-refractivity contribution in [3.05, 3.63) is 29.8 Å². The summed E-state index contributed by atoms with van der Waals surface area (Å²) in [5, 5.41) is 10.0. The van der Waals surface area contributed by atoms with Gasteiger partial charge in [0.2, 0.25) is 5.91 Å². The molecule has 1 heterocycles. The van der Waals surface area contributed by atoms with Gasteiger partial charge in [0.15, 0.2) is 5.96 Å². The van der Waals surface area contributed by atoms with Crippen LogP contribution in [-0.4, -0.2) is 49.6 Å². The SMILES string of the molecule is CCNC(=NCC(=O)NCc1ccc(OC)cc1)NCC1CCCS1. The summed E-state index contributed by atoms with van der Waals surface area (Å²) in [5.74, 6) is 2.66. The summed E-state index contributed by atoms with van der Waals surface area (Å²) in [6, 6.07) is 7.64. The molecule has 0 bridgehead atoms. The molecule has 0 spiro atoms. The van der Waals surface area contributed by atoms with E-state index in [0.717, 1.165) is 24.4 Å². The topological polar surface area (TPSA) is 74.8 Å². The van der Waals surface area contributed by atoms with Crippen molar-refractivity contribution in [3.63, 3.8) is 0 Å². The molecule has 0 saturated carbocycles. The van der Waals surface area contributed by atoms with Gasteiger partial charge >= 0.3 is 0 Å². The summed E-state index contributed by atoms with van der Waals surface area (Å²) in [6.07, 6.45) is 2.54. The molecule has 0 aromatic heterocycles. The summed E-state index contributed by atoms with van der Waals surface area (Å²) in [6.45, 7) is 4.29. The Morgan fingerprint density at radius 2 is 2.08 bits per heavy atom. The number of carbonyl (C=O) groups excluding carboxylic acids is 1. The minimum absolute atomic E-state index is 0.0942. The number of thioether (sulfide) groups is 1. The Hall–Kier alpha value is -1.89. The minimum atomic E-state index is -0.0942. The zero-order valence-electron chi connectivity index (χ0n) is 15.0. The molecule has 138 valence electrons. The van der Waals surface area contributed by atoms with Gasteiger partial charge in [-0.1, -0.05) is 12.1 Å². The van der Waals surface area contributed by atoms with Gasteiger partial charge in [-0.3, -0.25) is 4.79 Å². The summed E-state index contributed by atoms with van der Waals surface area (Å²) >= 11 is 2.00. The number of nitrogens with zero attached hydrogens (tertiary/aromatic N) is 1. The quantitative estimate of drug-likeness (QED) is 0.484. The van der Waals surface area contributed by atoms with Gasteiger partial charge in [0.1, 0.15) is 12.3 Å². The first-order valence-corrected chi connectivity index (χ1v) is 9.79. The number of aliphatic imine (C=N–C) groups is 1. The summed E-state index contributed by atoms with van der Waals surface area (Å²) < 4.78 is 5.12. The summed E-state index contributed by atoms with van der Waals surface area (Å²) in [5.41, 5.74) is 1.03. The third-order valence-electron chi connectivity index (χ3n) is 3.89. The van der Waals surface area contributed by atoms with Gasteiger partial charge in [-0.05, 0) is 43.2 Å². The highest BCUT2D eigenvalue weighted by molar-refractivity contribution is 8.00. The van der Waals surface area contributed by atoms with Gasteiger partial charge in [0.25, 0.3) is 0 Å². The highest BCUT2D eigenvalue weighted by atomic mass is 32.2. The number of amides is 1. The van der Waals surface area contributed by atoms with Gasteiger partial charge in [-0.25, -0.2) is 4.99 Å². The maximum atomic E-state index is 12.0. The second-order valence-electron chi connectivity index (χ2n) is 5.84. The second-order valence-corrected chi connectivity index (χ2v) is 7.24. The van der Waals surface area contributed by atoms with E-state index in [0.29, 0.717) is 17.8 Å². The Labute approximate surface area is 154 Å². The lowest BCUT2D eigenvalue weighted by atomic mass is 10.2. The zero-order chi connectivity index (χ0) is 17.9. The van der Waals surface area contributed by atoms with Crippen molar-refractivity contribution < 1.29 is 9.53 Å². The molecular formula is C18H28N4O2S. The van der Waals surface area contributed by atoms with Crippen LogP contribution in [-0.2, 0) is 11.3 Å². The first-order valence-electron chi connectivity index (χ1n) is 8.74. The van der Waals surface area contributed by atoms with Crippen molar-refractivity contribution >= 4 is 23.6 Å². The monoisotopic (exact) mass is 364 g/mol.